The van der Waals surface area contributed by atoms with Gasteiger partial charge in [-0.25, -0.2) is 4.98 Å². The van der Waals surface area contributed by atoms with Crippen LogP contribution < -0.4 is 4.74 Å². The van der Waals surface area contributed by atoms with Crippen LogP contribution in [0.3, 0.4) is 0 Å². The second-order valence-corrected chi connectivity index (χ2v) is 5.37. The first kappa shape index (κ1) is 13.2. The number of aliphatic hydroxyl groups is 1. The standard InChI is InChI=1S/C16H20N2O2/c1-20-15-5-3-2-4-13(15)9-14-10-18-7-6-12(11-19)8-16(18)17-14/h2-5,10,12,19H,6-9,11H2,1H3. The molecule has 0 saturated heterocycles. The van der Waals surface area contributed by atoms with E-state index in [4.69, 9.17) is 9.72 Å². The van der Waals surface area contributed by atoms with Gasteiger partial charge >= 0.3 is 0 Å². The van der Waals surface area contributed by atoms with Gasteiger partial charge in [-0.3, -0.25) is 0 Å². The molecule has 0 spiro atoms. The van der Waals surface area contributed by atoms with Crippen molar-refractivity contribution >= 4 is 0 Å². The van der Waals surface area contributed by atoms with E-state index in [-0.39, 0.29) is 6.61 Å². The molecule has 0 fully saturated rings. The van der Waals surface area contributed by atoms with Crippen molar-refractivity contribution in [2.75, 3.05) is 13.7 Å². The van der Waals surface area contributed by atoms with Crippen LogP contribution in [0, 0.1) is 5.92 Å². The molecule has 3 rings (SSSR count). The van der Waals surface area contributed by atoms with Crippen molar-refractivity contribution in [2.24, 2.45) is 5.92 Å². The number of fused-ring (bicyclic) bond motifs is 1. The lowest BCUT2D eigenvalue weighted by atomic mass is 9.99. The largest absolute Gasteiger partial charge is 0.496 e. The van der Waals surface area contributed by atoms with E-state index in [1.807, 2.05) is 18.2 Å². The molecule has 4 heteroatoms. The first-order valence-electron chi connectivity index (χ1n) is 7.08. The molecule has 1 aromatic carbocycles. The van der Waals surface area contributed by atoms with Crippen LogP contribution in [0.2, 0.25) is 0 Å². The molecule has 4 nitrogen and oxygen atoms in total. The number of rotatable bonds is 4. The molecule has 106 valence electrons. The molecule has 0 bridgehead atoms. The van der Waals surface area contributed by atoms with Crippen molar-refractivity contribution < 1.29 is 9.84 Å². The molecular formula is C16H20N2O2. The summed E-state index contributed by atoms with van der Waals surface area (Å²) in [6.07, 6.45) is 4.83. The van der Waals surface area contributed by atoms with Crippen LogP contribution in [0.15, 0.2) is 30.5 Å². The molecule has 2 aromatic rings. The molecule has 1 N–H and O–H groups in total. The average Bonchev–Trinajstić information content (AvgIpc) is 2.89. The predicted octanol–water partition coefficient (Wildman–Crippen LogP) is 2.04. The van der Waals surface area contributed by atoms with Crippen LogP contribution in [-0.4, -0.2) is 28.4 Å². The summed E-state index contributed by atoms with van der Waals surface area (Å²) in [5.41, 5.74) is 2.23. The van der Waals surface area contributed by atoms with Gasteiger partial charge in [-0.2, -0.15) is 0 Å². The Bertz CT molecular complexity index is 592. The van der Waals surface area contributed by atoms with Crippen LogP contribution in [0.4, 0.5) is 0 Å². The third-order valence-electron chi connectivity index (χ3n) is 3.98. The molecular weight excluding hydrogens is 252 g/mol. The van der Waals surface area contributed by atoms with Crippen LogP contribution in [0.25, 0.3) is 0 Å². The van der Waals surface area contributed by atoms with Crippen molar-refractivity contribution in [3.05, 3.63) is 47.5 Å². The number of ether oxygens (including phenoxy) is 1. The Hall–Kier alpha value is -1.81. The number of imidazole rings is 1. The number of benzene rings is 1. The van der Waals surface area contributed by atoms with E-state index >= 15 is 0 Å². The van der Waals surface area contributed by atoms with E-state index in [1.165, 1.54) is 0 Å². The molecule has 1 aromatic heterocycles. The van der Waals surface area contributed by atoms with Gasteiger partial charge in [0.2, 0.25) is 0 Å². The Balaban J connectivity index is 1.81. The van der Waals surface area contributed by atoms with Gasteiger partial charge in [-0.05, 0) is 18.4 Å². The van der Waals surface area contributed by atoms with Gasteiger partial charge in [-0.1, -0.05) is 18.2 Å². The number of nitrogens with zero attached hydrogens (tertiary/aromatic N) is 2. The Kier molecular flexibility index (Phi) is 3.74. The summed E-state index contributed by atoms with van der Waals surface area (Å²) in [6, 6.07) is 8.06. The summed E-state index contributed by atoms with van der Waals surface area (Å²) < 4.78 is 7.61. The summed E-state index contributed by atoms with van der Waals surface area (Å²) in [5, 5.41) is 9.27. The highest BCUT2D eigenvalue weighted by molar-refractivity contribution is 5.36. The zero-order valence-electron chi connectivity index (χ0n) is 11.7. The maximum Gasteiger partial charge on any atom is 0.122 e. The normalized spacial score (nSPS) is 17.8. The maximum absolute atomic E-state index is 9.27. The Morgan fingerprint density at radius 3 is 3.05 bits per heavy atom. The highest BCUT2D eigenvalue weighted by Crippen LogP contribution is 2.24. The minimum atomic E-state index is 0.259. The summed E-state index contributed by atoms with van der Waals surface area (Å²) in [5.74, 6) is 2.37. The Morgan fingerprint density at radius 2 is 2.25 bits per heavy atom. The van der Waals surface area contributed by atoms with Crippen molar-refractivity contribution in [1.29, 1.82) is 0 Å². The van der Waals surface area contributed by atoms with E-state index in [9.17, 15) is 5.11 Å². The molecule has 1 unspecified atom stereocenters. The van der Waals surface area contributed by atoms with Gasteiger partial charge in [0.25, 0.3) is 0 Å². The van der Waals surface area contributed by atoms with Crippen LogP contribution in [-0.2, 0) is 19.4 Å². The number of methoxy groups -OCH3 is 1. The number of aliphatic hydroxyl groups excluding tert-OH is 1. The fourth-order valence-electron chi connectivity index (χ4n) is 2.84. The van der Waals surface area contributed by atoms with Gasteiger partial charge in [-0.15, -0.1) is 0 Å². The topological polar surface area (TPSA) is 47.3 Å². The molecule has 0 aliphatic carbocycles. The summed E-state index contributed by atoms with van der Waals surface area (Å²) in [7, 11) is 1.70. The second kappa shape index (κ2) is 5.67. The van der Waals surface area contributed by atoms with E-state index in [0.29, 0.717) is 5.92 Å². The highest BCUT2D eigenvalue weighted by atomic mass is 16.5. The highest BCUT2D eigenvalue weighted by Gasteiger charge is 2.20. The zero-order chi connectivity index (χ0) is 13.9. The Labute approximate surface area is 119 Å². The summed E-state index contributed by atoms with van der Waals surface area (Å²) in [6.45, 7) is 1.22. The van der Waals surface area contributed by atoms with Crippen LogP contribution in [0.5, 0.6) is 5.75 Å². The van der Waals surface area contributed by atoms with E-state index < -0.39 is 0 Å². The number of aryl methyl sites for hydroxylation is 1. The van der Waals surface area contributed by atoms with E-state index in [1.54, 1.807) is 7.11 Å². The second-order valence-electron chi connectivity index (χ2n) is 5.37. The third kappa shape index (κ3) is 2.56. The van der Waals surface area contributed by atoms with Crippen molar-refractivity contribution in [3.63, 3.8) is 0 Å². The van der Waals surface area contributed by atoms with E-state index in [2.05, 4.69) is 16.8 Å². The number of para-hydroxylation sites is 1. The monoisotopic (exact) mass is 272 g/mol. The molecule has 0 saturated carbocycles. The number of hydrogen-bond acceptors (Lipinski definition) is 3. The summed E-state index contributed by atoms with van der Waals surface area (Å²) >= 11 is 0. The lowest BCUT2D eigenvalue weighted by Gasteiger charge is -2.20. The van der Waals surface area contributed by atoms with Gasteiger partial charge < -0.3 is 14.4 Å². The zero-order valence-corrected chi connectivity index (χ0v) is 11.7. The van der Waals surface area contributed by atoms with Gasteiger partial charge in [0, 0.05) is 37.8 Å². The first-order chi connectivity index (χ1) is 9.80. The summed E-state index contributed by atoms with van der Waals surface area (Å²) in [4.78, 5) is 4.72. The lowest BCUT2D eigenvalue weighted by Crippen LogP contribution is -2.21. The molecule has 20 heavy (non-hydrogen) atoms. The molecule has 1 aliphatic heterocycles. The molecule has 1 atom stereocenters. The van der Waals surface area contributed by atoms with Crippen LogP contribution >= 0.6 is 0 Å². The van der Waals surface area contributed by atoms with Gasteiger partial charge in [0.05, 0.1) is 12.8 Å². The van der Waals surface area contributed by atoms with Gasteiger partial charge in [0.15, 0.2) is 0 Å². The fraction of sp³-hybridized carbons (Fsp3) is 0.438. The van der Waals surface area contributed by atoms with Crippen molar-refractivity contribution in [2.45, 2.75) is 25.8 Å². The smallest absolute Gasteiger partial charge is 0.122 e. The number of aromatic nitrogens is 2. The van der Waals surface area contributed by atoms with Crippen molar-refractivity contribution in [1.82, 2.24) is 9.55 Å². The first-order valence-corrected chi connectivity index (χ1v) is 7.08. The van der Waals surface area contributed by atoms with E-state index in [0.717, 1.165) is 48.6 Å². The minimum Gasteiger partial charge on any atom is -0.496 e. The molecule has 0 amide bonds. The molecule has 2 heterocycles. The van der Waals surface area contributed by atoms with Crippen molar-refractivity contribution in [3.8, 4) is 5.75 Å². The third-order valence-corrected chi connectivity index (χ3v) is 3.98. The molecule has 1 aliphatic rings. The quantitative estimate of drug-likeness (QED) is 0.926. The fourth-order valence-corrected chi connectivity index (χ4v) is 2.84. The maximum atomic E-state index is 9.27. The predicted molar refractivity (Wildman–Crippen MR) is 76.9 cm³/mol. The van der Waals surface area contributed by atoms with Gasteiger partial charge in [0.1, 0.15) is 11.6 Å². The Morgan fingerprint density at radius 1 is 1.40 bits per heavy atom. The van der Waals surface area contributed by atoms with Crippen LogP contribution in [0.1, 0.15) is 23.5 Å². The number of hydrogen-bond donors (Lipinski definition) is 1. The average molecular weight is 272 g/mol. The SMILES string of the molecule is COc1ccccc1Cc1cn2c(n1)CC(CO)CC2. The minimum absolute atomic E-state index is 0.259. The molecule has 0 radical (unpaired) electrons. The lowest BCUT2D eigenvalue weighted by molar-refractivity contribution is 0.199.